The predicted molar refractivity (Wildman–Crippen MR) is 82.3 cm³/mol. The highest BCUT2D eigenvalue weighted by atomic mass is 35.5. The fourth-order valence-electron chi connectivity index (χ4n) is 1.49. The molecule has 0 radical (unpaired) electrons. The number of hydrogen-bond donors (Lipinski definition) is 1. The van der Waals surface area contributed by atoms with Gasteiger partial charge in [-0.3, -0.25) is 0 Å². The zero-order valence-electron chi connectivity index (χ0n) is 11.5. The standard InChI is InChI=1S/C13H13ClN4O2S/c1-3-20-12(19)10-11(16-13(21-2)18-17-10)15-9-6-4-8(14)5-7-9/h4-7H,3H2,1-2H3,(H,15,16,18). The van der Waals surface area contributed by atoms with Crippen molar-refractivity contribution < 1.29 is 9.53 Å². The first-order chi connectivity index (χ1) is 10.1. The maximum atomic E-state index is 11.9. The van der Waals surface area contributed by atoms with E-state index in [1.807, 2.05) is 6.26 Å². The topological polar surface area (TPSA) is 77.0 Å². The van der Waals surface area contributed by atoms with Crippen molar-refractivity contribution >= 4 is 40.8 Å². The molecule has 0 atom stereocenters. The van der Waals surface area contributed by atoms with E-state index in [1.54, 1.807) is 31.2 Å². The van der Waals surface area contributed by atoms with Gasteiger partial charge in [-0.25, -0.2) is 9.78 Å². The number of nitrogens with one attached hydrogen (secondary N) is 1. The number of carbonyl (C=O) groups is 1. The normalized spacial score (nSPS) is 10.2. The molecule has 1 N–H and O–H groups in total. The molecule has 1 heterocycles. The first-order valence-corrected chi connectivity index (χ1v) is 7.72. The Balaban J connectivity index is 2.34. The van der Waals surface area contributed by atoms with Crippen molar-refractivity contribution in [1.29, 1.82) is 0 Å². The molecule has 0 fully saturated rings. The Kier molecular flexibility index (Phi) is 5.35. The Bertz CT molecular complexity index is 637. The number of nitrogens with zero attached hydrogens (tertiary/aromatic N) is 3. The van der Waals surface area contributed by atoms with E-state index in [0.717, 1.165) is 5.69 Å². The van der Waals surface area contributed by atoms with Crippen molar-refractivity contribution in [1.82, 2.24) is 15.2 Å². The molecule has 21 heavy (non-hydrogen) atoms. The maximum absolute atomic E-state index is 11.9. The summed E-state index contributed by atoms with van der Waals surface area (Å²) in [7, 11) is 0. The van der Waals surface area contributed by atoms with Gasteiger partial charge in [0.05, 0.1) is 6.61 Å². The molecule has 110 valence electrons. The van der Waals surface area contributed by atoms with Gasteiger partial charge in [0.25, 0.3) is 0 Å². The number of halogens is 1. The molecule has 0 spiro atoms. The SMILES string of the molecule is CCOC(=O)c1nnc(SC)nc1Nc1ccc(Cl)cc1. The predicted octanol–water partition coefficient (Wildman–Crippen LogP) is 3.17. The minimum absolute atomic E-state index is 0.0459. The molecule has 2 aromatic rings. The minimum Gasteiger partial charge on any atom is -0.461 e. The molecule has 0 aliphatic carbocycles. The second-order valence-corrected chi connectivity index (χ2v) is 5.06. The number of rotatable bonds is 5. The minimum atomic E-state index is -0.568. The van der Waals surface area contributed by atoms with E-state index in [4.69, 9.17) is 16.3 Å². The lowest BCUT2D eigenvalue weighted by Gasteiger charge is -2.10. The molecular weight excluding hydrogens is 312 g/mol. The lowest BCUT2D eigenvalue weighted by atomic mass is 10.3. The van der Waals surface area contributed by atoms with E-state index in [2.05, 4.69) is 20.5 Å². The Morgan fingerprint density at radius 2 is 2.05 bits per heavy atom. The van der Waals surface area contributed by atoms with Crippen molar-refractivity contribution in [2.45, 2.75) is 12.1 Å². The monoisotopic (exact) mass is 324 g/mol. The van der Waals surface area contributed by atoms with Gasteiger partial charge in [0.15, 0.2) is 5.82 Å². The van der Waals surface area contributed by atoms with Gasteiger partial charge in [-0.05, 0) is 37.4 Å². The van der Waals surface area contributed by atoms with Crippen LogP contribution in [0.1, 0.15) is 17.4 Å². The van der Waals surface area contributed by atoms with Crippen molar-refractivity contribution in [3.63, 3.8) is 0 Å². The smallest absolute Gasteiger partial charge is 0.362 e. The van der Waals surface area contributed by atoms with Crippen LogP contribution >= 0.6 is 23.4 Å². The molecule has 6 nitrogen and oxygen atoms in total. The lowest BCUT2D eigenvalue weighted by molar-refractivity contribution is 0.0518. The Morgan fingerprint density at radius 1 is 1.33 bits per heavy atom. The summed E-state index contributed by atoms with van der Waals surface area (Å²) in [6, 6.07) is 7.02. The van der Waals surface area contributed by atoms with Crippen molar-refractivity contribution in [3.05, 3.63) is 35.0 Å². The first-order valence-electron chi connectivity index (χ1n) is 6.12. The van der Waals surface area contributed by atoms with Crippen LogP contribution in [-0.4, -0.2) is 34.0 Å². The van der Waals surface area contributed by atoms with Crippen molar-refractivity contribution in [3.8, 4) is 0 Å². The van der Waals surface area contributed by atoms with E-state index >= 15 is 0 Å². The Morgan fingerprint density at radius 3 is 2.67 bits per heavy atom. The van der Waals surface area contributed by atoms with Gasteiger partial charge in [-0.15, -0.1) is 10.2 Å². The van der Waals surface area contributed by atoms with Crippen LogP contribution < -0.4 is 5.32 Å². The van der Waals surface area contributed by atoms with E-state index in [1.165, 1.54) is 11.8 Å². The van der Waals surface area contributed by atoms with Crippen LogP contribution in [0.3, 0.4) is 0 Å². The van der Waals surface area contributed by atoms with Gasteiger partial charge in [0.1, 0.15) is 0 Å². The van der Waals surface area contributed by atoms with Crippen LogP contribution in [0.5, 0.6) is 0 Å². The number of carbonyl (C=O) groups excluding carboxylic acids is 1. The summed E-state index contributed by atoms with van der Waals surface area (Å²) in [6.07, 6.45) is 1.83. The first kappa shape index (κ1) is 15.5. The molecule has 1 aromatic heterocycles. The van der Waals surface area contributed by atoms with Gasteiger partial charge in [-0.2, -0.15) is 0 Å². The van der Waals surface area contributed by atoms with Crippen molar-refractivity contribution in [2.75, 3.05) is 18.2 Å². The number of thioether (sulfide) groups is 1. The number of hydrogen-bond acceptors (Lipinski definition) is 7. The van der Waals surface area contributed by atoms with Crippen LogP contribution in [0.15, 0.2) is 29.4 Å². The molecule has 0 bridgehead atoms. The number of aromatic nitrogens is 3. The second kappa shape index (κ2) is 7.24. The van der Waals surface area contributed by atoms with Crippen LogP contribution in [0, 0.1) is 0 Å². The highest BCUT2D eigenvalue weighted by Gasteiger charge is 2.18. The van der Waals surface area contributed by atoms with E-state index in [9.17, 15) is 4.79 Å². The summed E-state index contributed by atoms with van der Waals surface area (Å²) in [4.78, 5) is 16.1. The molecule has 2 rings (SSSR count). The Labute approximate surface area is 131 Å². The Hall–Kier alpha value is -1.86. The lowest BCUT2D eigenvalue weighted by Crippen LogP contribution is -2.13. The highest BCUT2D eigenvalue weighted by molar-refractivity contribution is 7.98. The zero-order valence-corrected chi connectivity index (χ0v) is 13.0. The number of anilines is 2. The molecule has 0 aliphatic rings. The average molecular weight is 325 g/mol. The molecule has 8 heteroatoms. The summed E-state index contributed by atoms with van der Waals surface area (Å²) in [5.74, 6) is -0.267. The molecular formula is C13H13ClN4O2S. The third-order valence-corrected chi connectivity index (χ3v) is 3.22. The van der Waals surface area contributed by atoms with Crippen LogP contribution in [0.4, 0.5) is 11.5 Å². The third kappa shape index (κ3) is 4.05. The summed E-state index contributed by atoms with van der Waals surface area (Å²) in [5.41, 5.74) is 0.780. The van der Waals surface area contributed by atoms with Crippen LogP contribution in [0.25, 0.3) is 0 Å². The fraction of sp³-hybridized carbons (Fsp3) is 0.231. The van der Waals surface area contributed by atoms with Gasteiger partial charge in [0.2, 0.25) is 10.9 Å². The van der Waals surface area contributed by atoms with Gasteiger partial charge in [0, 0.05) is 10.7 Å². The van der Waals surface area contributed by atoms with Crippen LogP contribution in [-0.2, 0) is 4.74 Å². The van der Waals surface area contributed by atoms with Crippen molar-refractivity contribution in [2.24, 2.45) is 0 Å². The molecule has 0 saturated carbocycles. The second-order valence-electron chi connectivity index (χ2n) is 3.85. The molecule has 0 aliphatic heterocycles. The highest BCUT2D eigenvalue weighted by Crippen LogP contribution is 2.21. The summed E-state index contributed by atoms with van der Waals surface area (Å²) >= 11 is 7.17. The summed E-state index contributed by atoms with van der Waals surface area (Å²) in [6.45, 7) is 1.98. The van der Waals surface area contributed by atoms with E-state index < -0.39 is 5.97 Å². The number of ether oxygens (including phenoxy) is 1. The molecule has 0 saturated heterocycles. The quantitative estimate of drug-likeness (QED) is 0.668. The molecule has 0 amide bonds. The van der Waals surface area contributed by atoms with Gasteiger partial charge < -0.3 is 10.1 Å². The summed E-state index contributed by atoms with van der Waals surface area (Å²) in [5, 5.41) is 11.8. The van der Waals surface area contributed by atoms with E-state index in [0.29, 0.717) is 16.0 Å². The largest absolute Gasteiger partial charge is 0.461 e. The van der Waals surface area contributed by atoms with Gasteiger partial charge >= 0.3 is 5.97 Å². The zero-order chi connectivity index (χ0) is 15.2. The number of benzene rings is 1. The van der Waals surface area contributed by atoms with E-state index in [-0.39, 0.29) is 12.3 Å². The maximum Gasteiger partial charge on any atom is 0.362 e. The molecule has 0 unspecified atom stereocenters. The summed E-state index contributed by atoms with van der Waals surface area (Å²) < 4.78 is 4.95. The molecule has 1 aromatic carbocycles. The van der Waals surface area contributed by atoms with Gasteiger partial charge in [-0.1, -0.05) is 23.4 Å². The van der Waals surface area contributed by atoms with Crippen LogP contribution in [0.2, 0.25) is 5.02 Å². The number of esters is 1. The fourth-order valence-corrected chi connectivity index (χ4v) is 1.92. The average Bonchev–Trinajstić information content (AvgIpc) is 2.49. The third-order valence-electron chi connectivity index (χ3n) is 2.43.